The van der Waals surface area contributed by atoms with Gasteiger partial charge in [-0.3, -0.25) is 9.59 Å². The fourth-order valence-electron chi connectivity index (χ4n) is 5.69. The summed E-state index contributed by atoms with van der Waals surface area (Å²) in [5.74, 6) is 0.00142. The number of aliphatic hydroxyl groups is 1. The summed E-state index contributed by atoms with van der Waals surface area (Å²) in [7, 11) is 1.62. The number of aromatic amines is 1. The van der Waals surface area contributed by atoms with Gasteiger partial charge in [-0.05, 0) is 48.7 Å². The highest BCUT2D eigenvalue weighted by Gasteiger charge is 2.48. The van der Waals surface area contributed by atoms with Crippen LogP contribution in [0.5, 0.6) is 5.75 Å². The van der Waals surface area contributed by atoms with Gasteiger partial charge in [-0.15, -0.1) is 0 Å². The van der Waals surface area contributed by atoms with Gasteiger partial charge in [-0.2, -0.15) is 0 Å². The van der Waals surface area contributed by atoms with Crippen molar-refractivity contribution in [3.05, 3.63) is 65.1 Å². The largest absolute Gasteiger partial charge is 0.497 e. The van der Waals surface area contributed by atoms with E-state index in [1.54, 1.807) is 29.0 Å². The van der Waals surface area contributed by atoms with Crippen LogP contribution in [0.4, 0.5) is 4.39 Å². The van der Waals surface area contributed by atoms with Gasteiger partial charge < -0.3 is 24.6 Å². The number of ether oxygens (including phenoxy) is 1. The third-order valence-corrected chi connectivity index (χ3v) is 7.40. The van der Waals surface area contributed by atoms with E-state index in [0.29, 0.717) is 38.0 Å². The molecule has 0 unspecified atom stereocenters. The molecule has 3 heterocycles. The van der Waals surface area contributed by atoms with Gasteiger partial charge in [0.15, 0.2) is 0 Å². The molecule has 3 aromatic rings. The Morgan fingerprint density at radius 1 is 1.21 bits per heavy atom. The Labute approximate surface area is 197 Å². The third-order valence-electron chi connectivity index (χ3n) is 7.40. The number of hydrogen-bond acceptors (Lipinski definition) is 4. The number of aromatic nitrogens is 1. The summed E-state index contributed by atoms with van der Waals surface area (Å²) < 4.78 is 19.1. The predicted molar refractivity (Wildman–Crippen MR) is 125 cm³/mol. The molecule has 7 nitrogen and oxygen atoms in total. The molecule has 1 aromatic heterocycles. The van der Waals surface area contributed by atoms with Gasteiger partial charge in [0, 0.05) is 60.2 Å². The Bertz CT molecular complexity index is 1260. The molecule has 1 fully saturated rings. The highest BCUT2D eigenvalue weighted by Crippen LogP contribution is 2.49. The molecule has 0 aliphatic carbocycles. The van der Waals surface area contributed by atoms with Crippen molar-refractivity contribution in [3.8, 4) is 5.75 Å². The van der Waals surface area contributed by atoms with E-state index in [1.807, 2.05) is 18.2 Å². The van der Waals surface area contributed by atoms with Crippen molar-refractivity contribution in [3.63, 3.8) is 0 Å². The zero-order valence-corrected chi connectivity index (χ0v) is 19.3. The molecule has 34 heavy (non-hydrogen) atoms. The Morgan fingerprint density at radius 2 is 1.97 bits per heavy atom. The monoisotopic (exact) mass is 465 g/mol. The molecule has 0 saturated carbocycles. The van der Waals surface area contributed by atoms with E-state index in [-0.39, 0.29) is 23.8 Å². The molecular formula is C26H28FN3O4. The minimum atomic E-state index is -0.455. The van der Waals surface area contributed by atoms with Crippen LogP contribution in [-0.4, -0.2) is 65.1 Å². The summed E-state index contributed by atoms with van der Waals surface area (Å²) in [5, 5.41) is 11.3. The lowest BCUT2D eigenvalue weighted by Crippen LogP contribution is -2.55. The topological polar surface area (TPSA) is 85.9 Å². The molecule has 5 rings (SSSR count). The Kier molecular flexibility index (Phi) is 5.56. The number of piperidine rings is 1. The van der Waals surface area contributed by atoms with Crippen molar-refractivity contribution in [2.24, 2.45) is 0 Å². The molecule has 178 valence electrons. The number of H-pyrrole nitrogens is 1. The number of fused-ring (bicyclic) bond motifs is 4. The number of rotatable bonds is 3. The van der Waals surface area contributed by atoms with Crippen LogP contribution >= 0.6 is 0 Å². The van der Waals surface area contributed by atoms with Gasteiger partial charge in [-0.25, -0.2) is 4.39 Å². The van der Waals surface area contributed by atoms with Crippen LogP contribution in [0.15, 0.2) is 42.5 Å². The molecule has 2 aromatic carbocycles. The SMILES string of the molecule is COc1ccc2c3c([nH]c2c1)[C@@H](CO)N(C(C)=O)CC31CCN(C(=O)c2cccc(F)c2)CC1. The van der Waals surface area contributed by atoms with Gasteiger partial charge in [0.2, 0.25) is 5.91 Å². The molecular weight excluding hydrogens is 437 g/mol. The quantitative estimate of drug-likeness (QED) is 0.621. The second-order valence-corrected chi connectivity index (χ2v) is 9.25. The summed E-state index contributed by atoms with van der Waals surface area (Å²) >= 11 is 0. The van der Waals surface area contributed by atoms with Crippen molar-refractivity contribution in [1.82, 2.24) is 14.8 Å². The zero-order valence-electron chi connectivity index (χ0n) is 19.3. The average molecular weight is 466 g/mol. The first-order valence-corrected chi connectivity index (χ1v) is 11.5. The average Bonchev–Trinajstić information content (AvgIpc) is 3.23. The Balaban J connectivity index is 1.54. The second-order valence-electron chi connectivity index (χ2n) is 9.25. The van der Waals surface area contributed by atoms with Crippen LogP contribution in [0.1, 0.15) is 47.4 Å². The van der Waals surface area contributed by atoms with Crippen molar-refractivity contribution in [1.29, 1.82) is 0 Å². The van der Waals surface area contributed by atoms with E-state index in [2.05, 4.69) is 4.98 Å². The molecule has 0 radical (unpaired) electrons. The van der Waals surface area contributed by atoms with Crippen molar-refractivity contribution in [2.45, 2.75) is 31.2 Å². The number of hydrogen-bond donors (Lipinski definition) is 2. The fraction of sp³-hybridized carbons (Fsp3) is 0.385. The van der Waals surface area contributed by atoms with Gasteiger partial charge in [0.25, 0.3) is 5.91 Å². The van der Waals surface area contributed by atoms with Crippen LogP contribution in [0.25, 0.3) is 10.9 Å². The van der Waals surface area contributed by atoms with Gasteiger partial charge in [0.05, 0.1) is 19.8 Å². The predicted octanol–water partition coefficient (Wildman–Crippen LogP) is 3.39. The van der Waals surface area contributed by atoms with Crippen molar-refractivity contribution >= 4 is 22.7 Å². The maximum atomic E-state index is 13.7. The maximum absolute atomic E-state index is 13.7. The van der Waals surface area contributed by atoms with E-state index in [9.17, 15) is 19.1 Å². The summed E-state index contributed by atoms with van der Waals surface area (Å²) in [6.07, 6.45) is 1.31. The molecule has 2 aliphatic heterocycles. The first-order valence-electron chi connectivity index (χ1n) is 11.5. The maximum Gasteiger partial charge on any atom is 0.253 e. The summed E-state index contributed by atoms with van der Waals surface area (Å²) in [6.45, 7) is 2.80. The number of aliphatic hydroxyl groups excluding tert-OH is 1. The highest BCUT2D eigenvalue weighted by atomic mass is 19.1. The van der Waals surface area contributed by atoms with Crippen molar-refractivity contribution in [2.75, 3.05) is 33.4 Å². The molecule has 2 amide bonds. The van der Waals surface area contributed by atoms with Crippen molar-refractivity contribution < 1.29 is 23.8 Å². The lowest BCUT2D eigenvalue weighted by molar-refractivity contribution is -0.134. The molecule has 8 heteroatoms. The van der Waals surface area contributed by atoms with Gasteiger partial charge >= 0.3 is 0 Å². The van der Waals surface area contributed by atoms with E-state index >= 15 is 0 Å². The van der Waals surface area contributed by atoms with E-state index in [4.69, 9.17) is 4.74 Å². The van der Waals surface area contributed by atoms with Gasteiger partial charge in [-0.1, -0.05) is 6.07 Å². The second kappa shape index (κ2) is 8.43. The fourth-order valence-corrected chi connectivity index (χ4v) is 5.69. The van der Waals surface area contributed by atoms with Gasteiger partial charge in [0.1, 0.15) is 11.6 Å². The number of carbonyl (C=O) groups is 2. The molecule has 2 aliphatic rings. The summed E-state index contributed by atoms with van der Waals surface area (Å²) in [6, 6.07) is 11.2. The highest BCUT2D eigenvalue weighted by molar-refractivity contribution is 5.94. The number of nitrogens with one attached hydrogen (secondary N) is 1. The molecule has 1 atom stereocenters. The number of amides is 2. The molecule has 1 spiro atoms. The van der Waals surface area contributed by atoms with Crippen LogP contribution in [-0.2, 0) is 10.2 Å². The molecule has 2 N–H and O–H groups in total. The number of benzene rings is 2. The number of nitrogens with zero attached hydrogens (tertiary/aromatic N) is 2. The number of methoxy groups -OCH3 is 1. The van der Waals surface area contributed by atoms with Crippen LogP contribution in [0.3, 0.4) is 0 Å². The number of halogens is 1. The number of likely N-dealkylation sites (tertiary alicyclic amines) is 1. The normalized spacial score (nSPS) is 19.4. The van der Waals surface area contributed by atoms with Crippen LogP contribution in [0, 0.1) is 5.82 Å². The lowest BCUT2D eigenvalue weighted by Gasteiger charge is -2.50. The minimum absolute atomic E-state index is 0.0985. The lowest BCUT2D eigenvalue weighted by atomic mass is 9.68. The summed E-state index contributed by atoms with van der Waals surface area (Å²) in [4.78, 5) is 32.6. The first-order chi connectivity index (χ1) is 16.4. The van der Waals surface area contributed by atoms with E-state index in [1.165, 1.54) is 19.1 Å². The first kappa shape index (κ1) is 22.4. The standard InChI is InChI=1S/C26H28FN3O4/c1-16(32)30-15-26(8-10-29(11-9-26)25(33)17-4-3-5-18(27)12-17)23-20-7-6-19(34-2)13-21(20)28-24(23)22(30)14-31/h3-7,12-13,22,28,31H,8-11,14-15H2,1-2H3/t22-/m1/s1. The smallest absolute Gasteiger partial charge is 0.253 e. The van der Waals surface area contributed by atoms with Crippen LogP contribution < -0.4 is 4.74 Å². The third kappa shape index (κ3) is 3.53. The Morgan fingerprint density at radius 3 is 2.62 bits per heavy atom. The minimum Gasteiger partial charge on any atom is -0.497 e. The number of carbonyl (C=O) groups excluding carboxylic acids is 2. The van der Waals surface area contributed by atoms with E-state index in [0.717, 1.165) is 27.9 Å². The molecule has 0 bridgehead atoms. The van der Waals surface area contributed by atoms with E-state index < -0.39 is 11.9 Å². The zero-order chi connectivity index (χ0) is 24.0. The Hall–Kier alpha value is -3.39. The van der Waals surface area contributed by atoms with Crippen LogP contribution in [0.2, 0.25) is 0 Å². The summed E-state index contributed by atoms with van der Waals surface area (Å²) in [5.41, 5.74) is 2.82. The molecule has 1 saturated heterocycles.